The number of carbonyl (C=O) groups is 1. The smallest absolute Gasteiger partial charge is 0.255 e. The fraction of sp³-hybridized carbons (Fsp3) is 0.417. The van der Waals surface area contributed by atoms with E-state index in [0.717, 1.165) is 31.4 Å². The van der Waals surface area contributed by atoms with E-state index in [1.807, 2.05) is 12.1 Å². The van der Waals surface area contributed by atoms with Crippen molar-refractivity contribution in [2.45, 2.75) is 37.9 Å². The van der Waals surface area contributed by atoms with Crippen LogP contribution in [0.15, 0.2) is 42.7 Å². The number of methoxy groups -OCH3 is 1. The second-order valence-corrected chi connectivity index (χ2v) is 8.99. The lowest BCUT2D eigenvalue weighted by Crippen LogP contribution is -2.30. The van der Waals surface area contributed by atoms with E-state index >= 15 is 0 Å². The van der Waals surface area contributed by atoms with E-state index in [4.69, 9.17) is 37.4 Å². The number of hydrogen-bond acceptors (Lipinski definition) is 7. The molecule has 1 N–H and O–H groups in total. The molecular weight excluding hydrogens is 493 g/mol. The molecule has 11 heteroatoms. The molecule has 0 saturated carbocycles. The summed E-state index contributed by atoms with van der Waals surface area (Å²) in [6.07, 6.45) is 5.01. The number of halogens is 2. The highest BCUT2D eigenvalue weighted by atomic mass is 35.5. The van der Waals surface area contributed by atoms with Crippen molar-refractivity contribution in [3.8, 4) is 11.4 Å². The molecule has 1 aliphatic heterocycles. The average Bonchev–Trinajstić information content (AvgIpc) is 3.43. The lowest BCUT2D eigenvalue weighted by atomic mass is 9.95. The fourth-order valence-electron chi connectivity index (χ4n) is 3.94. The third-order valence-corrected chi connectivity index (χ3v) is 6.61. The molecule has 2 unspecified atom stereocenters. The predicted molar refractivity (Wildman–Crippen MR) is 131 cm³/mol. The van der Waals surface area contributed by atoms with Crippen LogP contribution in [-0.2, 0) is 9.47 Å². The van der Waals surface area contributed by atoms with Crippen LogP contribution in [0.2, 0.25) is 10.0 Å². The minimum absolute atomic E-state index is 0.0500. The van der Waals surface area contributed by atoms with E-state index in [2.05, 4.69) is 20.8 Å². The van der Waals surface area contributed by atoms with Gasteiger partial charge in [0, 0.05) is 19.1 Å². The molecule has 0 bridgehead atoms. The zero-order chi connectivity index (χ0) is 24.6. The molecule has 0 spiro atoms. The molecule has 1 amide bonds. The largest absolute Gasteiger partial charge is 0.496 e. The van der Waals surface area contributed by atoms with Crippen LogP contribution >= 0.6 is 23.2 Å². The van der Waals surface area contributed by atoms with Crippen molar-refractivity contribution in [2.75, 3.05) is 26.9 Å². The standard InChI is InChI=1S/C24H27Cl2N5O4/c1-33-22-8-6-18(31-15-28-29-30-31)13-19(22)24(32)27-14-17(16-5-7-20(25)21(26)12-16)9-11-35-23-4-2-3-10-34-23/h5-8,12-13,15,17,23H,2-4,9-11,14H2,1H3,(H,27,32). The van der Waals surface area contributed by atoms with Gasteiger partial charge in [0.1, 0.15) is 12.1 Å². The molecular formula is C24H27Cl2N5O4. The van der Waals surface area contributed by atoms with Gasteiger partial charge in [-0.05, 0) is 72.0 Å². The Kier molecular flexibility index (Phi) is 8.92. The highest BCUT2D eigenvalue weighted by Crippen LogP contribution is 2.29. The van der Waals surface area contributed by atoms with Gasteiger partial charge in [-0.1, -0.05) is 29.3 Å². The van der Waals surface area contributed by atoms with Gasteiger partial charge in [0.25, 0.3) is 5.91 Å². The van der Waals surface area contributed by atoms with Crippen molar-refractivity contribution in [1.29, 1.82) is 0 Å². The third kappa shape index (κ3) is 6.70. The first-order chi connectivity index (χ1) is 17.0. The molecule has 1 saturated heterocycles. The number of carbonyl (C=O) groups excluding carboxylic acids is 1. The number of nitrogens with one attached hydrogen (secondary N) is 1. The number of rotatable bonds is 10. The van der Waals surface area contributed by atoms with Crippen LogP contribution in [0.4, 0.5) is 0 Å². The summed E-state index contributed by atoms with van der Waals surface area (Å²) in [5, 5.41) is 15.1. The molecule has 1 aliphatic rings. The number of hydrogen-bond donors (Lipinski definition) is 1. The summed E-state index contributed by atoms with van der Waals surface area (Å²) in [5.74, 6) is 0.118. The molecule has 0 radical (unpaired) electrons. The summed E-state index contributed by atoms with van der Waals surface area (Å²) in [7, 11) is 1.52. The number of amides is 1. The van der Waals surface area contributed by atoms with Gasteiger partial charge in [0.2, 0.25) is 0 Å². The normalized spacial score (nSPS) is 16.6. The molecule has 186 valence electrons. The number of ether oxygens (including phenoxy) is 3. The zero-order valence-corrected chi connectivity index (χ0v) is 20.8. The Balaban J connectivity index is 1.46. The zero-order valence-electron chi connectivity index (χ0n) is 19.3. The summed E-state index contributed by atoms with van der Waals surface area (Å²) in [4.78, 5) is 13.2. The number of benzene rings is 2. The van der Waals surface area contributed by atoms with Crippen molar-refractivity contribution >= 4 is 29.1 Å². The molecule has 35 heavy (non-hydrogen) atoms. The average molecular weight is 520 g/mol. The Morgan fingerprint density at radius 1 is 1.23 bits per heavy atom. The van der Waals surface area contributed by atoms with Crippen LogP contribution in [-0.4, -0.2) is 59.3 Å². The molecule has 2 aromatic carbocycles. The van der Waals surface area contributed by atoms with Crippen molar-refractivity contribution in [1.82, 2.24) is 25.5 Å². The van der Waals surface area contributed by atoms with Gasteiger partial charge >= 0.3 is 0 Å². The van der Waals surface area contributed by atoms with E-state index in [9.17, 15) is 4.79 Å². The Morgan fingerprint density at radius 2 is 2.11 bits per heavy atom. The Hall–Kier alpha value is -2.72. The SMILES string of the molecule is COc1ccc(-n2cnnn2)cc1C(=O)NCC(CCOC1CCCCO1)c1ccc(Cl)c(Cl)c1. The van der Waals surface area contributed by atoms with Crippen molar-refractivity contribution in [2.24, 2.45) is 0 Å². The highest BCUT2D eigenvalue weighted by Gasteiger charge is 2.20. The first kappa shape index (κ1) is 25.4. The lowest BCUT2D eigenvalue weighted by molar-refractivity contribution is -0.163. The highest BCUT2D eigenvalue weighted by molar-refractivity contribution is 6.42. The topological polar surface area (TPSA) is 100 Å². The minimum Gasteiger partial charge on any atom is -0.496 e. The Labute approximate surface area is 213 Å². The van der Waals surface area contributed by atoms with E-state index in [-0.39, 0.29) is 18.1 Å². The van der Waals surface area contributed by atoms with Crippen molar-refractivity contribution in [3.05, 3.63) is 63.9 Å². The summed E-state index contributed by atoms with van der Waals surface area (Å²) < 4.78 is 18.5. The van der Waals surface area contributed by atoms with Gasteiger partial charge in [0.05, 0.1) is 35.0 Å². The van der Waals surface area contributed by atoms with Gasteiger partial charge in [0.15, 0.2) is 6.29 Å². The van der Waals surface area contributed by atoms with Gasteiger partial charge < -0.3 is 19.5 Å². The first-order valence-electron chi connectivity index (χ1n) is 11.4. The van der Waals surface area contributed by atoms with Crippen LogP contribution < -0.4 is 10.1 Å². The van der Waals surface area contributed by atoms with Crippen LogP contribution in [0.5, 0.6) is 5.75 Å². The quantitative estimate of drug-likeness (QED) is 0.422. The summed E-state index contributed by atoms with van der Waals surface area (Å²) in [6, 6.07) is 10.7. The second kappa shape index (κ2) is 12.3. The van der Waals surface area contributed by atoms with Crippen LogP contribution in [0.3, 0.4) is 0 Å². The van der Waals surface area contributed by atoms with Crippen LogP contribution in [0, 0.1) is 0 Å². The van der Waals surface area contributed by atoms with Gasteiger partial charge in [-0.3, -0.25) is 4.79 Å². The maximum atomic E-state index is 13.2. The number of tetrazole rings is 1. The molecule has 0 aliphatic carbocycles. The molecule has 9 nitrogen and oxygen atoms in total. The minimum atomic E-state index is -0.279. The fourth-order valence-corrected chi connectivity index (χ4v) is 4.25. The van der Waals surface area contributed by atoms with Crippen LogP contribution in [0.25, 0.3) is 5.69 Å². The Morgan fingerprint density at radius 3 is 2.83 bits per heavy atom. The number of aromatic nitrogens is 4. The van der Waals surface area contributed by atoms with E-state index in [1.54, 1.807) is 24.3 Å². The maximum Gasteiger partial charge on any atom is 0.255 e. The van der Waals surface area contributed by atoms with Gasteiger partial charge in [-0.25, -0.2) is 4.68 Å². The molecule has 3 aromatic rings. The van der Waals surface area contributed by atoms with E-state index < -0.39 is 0 Å². The molecule has 2 atom stereocenters. The summed E-state index contributed by atoms with van der Waals surface area (Å²) >= 11 is 12.4. The van der Waals surface area contributed by atoms with Crippen molar-refractivity contribution in [3.63, 3.8) is 0 Å². The summed E-state index contributed by atoms with van der Waals surface area (Å²) in [5.41, 5.74) is 1.98. The molecule has 4 rings (SSSR count). The molecule has 1 fully saturated rings. The number of nitrogens with zero attached hydrogens (tertiary/aromatic N) is 4. The maximum absolute atomic E-state index is 13.2. The van der Waals surface area contributed by atoms with Gasteiger partial charge in [-0.15, -0.1) is 5.10 Å². The molecule has 1 aromatic heterocycles. The molecule has 2 heterocycles. The summed E-state index contributed by atoms with van der Waals surface area (Å²) in [6.45, 7) is 1.58. The van der Waals surface area contributed by atoms with Crippen molar-refractivity contribution < 1.29 is 19.0 Å². The van der Waals surface area contributed by atoms with Crippen LogP contribution in [0.1, 0.15) is 47.5 Å². The predicted octanol–water partition coefficient (Wildman–Crippen LogP) is 4.42. The van der Waals surface area contributed by atoms with Gasteiger partial charge in [-0.2, -0.15) is 0 Å². The van der Waals surface area contributed by atoms with E-state index in [1.165, 1.54) is 18.1 Å². The Bertz CT molecular complexity index is 1120. The van der Waals surface area contributed by atoms with E-state index in [0.29, 0.717) is 46.6 Å². The first-order valence-corrected chi connectivity index (χ1v) is 12.2. The monoisotopic (exact) mass is 519 g/mol. The lowest BCUT2D eigenvalue weighted by Gasteiger charge is -2.24. The second-order valence-electron chi connectivity index (χ2n) is 8.18. The third-order valence-electron chi connectivity index (χ3n) is 5.87.